The molecule has 1 unspecified atom stereocenters. The number of ether oxygens (including phenoxy) is 1. The molecule has 118 valence electrons. The van der Waals surface area contributed by atoms with Gasteiger partial charge >= 0.3 is 5.97 Å². The van der Waals surface area contributed by atoms with Gasteiger partial charge in [0.15, 0.2) is 0 Å². The number of benzene rings is 1. The van der Waals surface area contributed by atoms with Crippen molar-refractivity contribution in [1.82, 2.24) is 20.2 Å². The van der Waals surface area contributed by atoms with Crippen molar-refractivity contribution >= 4 is 11.9 Å². The Kier molecular flexibility index (Phi) is 3.92. The Morgan fingerprint density at radius 1 is 1.39 bits per heavy atom. The third kappa shape index (κ3) is 2.73. The second kappa shape index (κ2) is 6.04. The number of tetrazole rings is 1. The number of carbonyl (C=O) groups excluding carboxylic acids is 1. The molecular formula is C16H17N5O2. The summed E-state index contributed by atoms with van der Waals surface area (Å²) in [6.45, 7) is 7.53. The van der Waals surface area contributed by atoms with Crippen LogP contribution in [0.3, 0.4) is 0 Å². The SMILES string of the molecule is C=CCOC(=O)C1=C(C)Nc2nnnn2C1c1ccc(C)cc1. The molecule has 0 aliphatic carbocycles. The molecule has 0 amide bonds. The second-order valence-electron chi connectivity index (χ2n) is 5.31. The zero-order valence-corrected chi connectivity index (χ0v) is 13.0. The van der Waals surface area contributed by atoms with Gasteiger partial charge in [0.25, 0.3) is 0 Å². The normalized spacial score (nSPS) is 16.5. The third-order valence-corrected chi connectivity index (χ3v) is 3.66. The fourth-order valence-corrected chi connectivity index (χ4v) is 2.55. The quantitative estimate of drug-likeness (QED) is 0.687. The molecule has 0 radical (unpaired) electrons. The molecule has 1 N–H and O–H groups in total. The topological polar surface area (TPSA) is 81.9 Å². The fraction of sp³-hybridized carbons (Fsp3) is 0.250. The fourth-order valence-electron chi connectivity index (χ4n) is 2.55. The first-order valence-electron chi connectivity index (χ1n) is 7.22. The first-order valence-corrected chi connectivity index (χ1v) is 7.22. The number of esters is 1. The Hall–Kier alpha value is -2.96. The van der Waals surface area contributed by atoms with Crippen LogP contribution < -0.4 is 5.32 Å². The summed E-state index contributed by atoms with van der Waals surface area (Å²) in [4.78, 5) is 12.5. The zero-order chi connectivity index (χ0) is 16.4. The van der Waals surface area contributed by atoms with E-state index in [1.54, 1.807) is 4.68 Å². The number of hydrogen-bond acceptors (Lipinski definition) is 6. The Bertz CT molecular complexity index is 776. The van der Waals surface area contributed by atoms with E-state index in [0.717, 1.165) is 11.1 Å². The highest BCUT2D eigenvalue weighted by Crippen LogP contribution is 2.34. The predicted octanol–water partition coefficient (Wildman–Crippen LogP) is 2.00. The lowest BCUT2D eigenvalue weighted by molar-refractivity contribution is -0.138. The van der Waals surface area contributed by atoms with Gasteiger partial charge in [-0.3, -0.25) is 0 Å². The number of nitrogens with one attached hydrogen (secondary N) is 1. The molecule has 23 heavy (non-hydrogen) atoms. The maximum atomic E-state index is 12.5. The van der Waals surface area contributed by atoms with Crippen LogP contribution in [0.15, 0.2) is 48.2 Å². The molecule has 0 saturated heterocycles. The van der Waals surface area contributed by atoms with Crippen LogP contribution in [-0.4, -0.2) is 32.8 Å². The van der Waals surface area contributed by atoms with Crippen molar-refractivity contribution in [3.63, 3.8) is 0 Å². The minimum Gasteiger partial charge on any atom is -0.458 e. The smallest absolute Gasteiger partial charge is 0.338 e. The number of aryl methyl sites for hydroxylation is 1. The van der Waals surface area contributed by atoms with Crippen molar-refractivity contribution in [2.24, 2.45) is 0 Å². The van der Waals surface area contributed by atoms with Crippen LogP contribution in [0.2, 0.25) is 0 Å². The summed E-state index contributed by atoms with van der Waals surface area (Å²) in [5.74, 6) is 0.0787. The summed E-state index contributed by atoms with van der Waals surface area (Å²) in [6.07, 6.45) is 1.54. The van der Waals surface area contributed by atoms with E-state index >= 15 is 0 Å². The number of aromatic nitrogens is 4. The molecule has 7 nitrogen and oxygen atoms in total. The molecule has 1 aliphatic rings. The lowest BCUT2D eigenvalue weighted by Gasteiger charge is -2.27. The Balaban J connectivity index is 2.08. The Labute approximate surface area is 133 Å². The highest BCUT2D eigenvalue weighted by atomic mass is 16.5. The zero-order valence-electron chi connectivity index (χ0n) is 13.0. The summed E-state index contributed by atoms with van der Waals surface area (Å²) in [5, 5.41) is 14.7. The minimum atomic E-state index is -0.431. The van der Waals surface area contributed by atoms with E-state index in [1.165, 1.54) is 6.08 Å². The largest absolute Gasteiger partial charge is 0.458 e. The molecule has 1 aromatic heterocycles. The van der Waals surface area contributed by atoms with Crippen LogP contribution in [-0.2, 0) is 9.53 Å². The molecule has 1 aliphatic heterocycles. The van der Waals surface area contributed by atoms with E-state index in [9.17, 15) is 4.79 Å². The molecular weight excluding hydrogens is 294 g/mol. The second-order valence-corrected chi connectivity index (χ2v) is 5.31. The van der Waals surface area contributed by atoms with Gasteiger partial charge in [0.1, 0.15) is 12.6 Å². The van der Waals surface area contributed by atoms with Crippen LogP contribution in [0.4, 0.5) is 5.95 Å². The van der Waals surface area contributed by atoms with Crippen molar-refractivity contribution in [2.75, 3.05) is 11.9 Å². The van der Waals surface area contributed by atoms with Gasteiger partial charge in [-0.05, 0) is 29.8 Å². The minimum absolute atomic E-state index is 0.151. The summed E-state index contributed by atoms with van der Waals surface area (Å²) >= 11 is 0. The van der Waals surface area contributed by atoms with E-state index < -0.39 is 12.0 Å². The van der Waals surface area contributed by atoms with Crippen LogP contribution in [0.25, 0.3) is 0 Å². The van der Waals surface area contributed by atoms with Crippen LogP contribution in [0.5, 0.6) is 0 Å². The molecule has 2 aromatic rings. The average molecular weight is 311 g/mol. The van der Waals surface area contributed by atoms with Gasteiger partial charge in [0, 0.05) is 5.70 Å². The lowest BCUT2D eigenvalue weighted by atomic mass is 9.95. The predicted molar refractivity (Wildman–Crippen MR) is 84.6 cm³/mol. The van der Waals surface area contributed by atoms with Gasteiger partial charge in [-0.1, -0.05) is 47.6 Å². The molecule has 0 bridgehead atoms. The van der Waals surface area contributed by atoms with E-state index in [4.69, 9.17) is 4.74 Å². The van der Waals surface area contributed by atoms with Gasteiger partial charge in [-0.25, -0.2) is 4.79 Å². The highest BCUT2D eigenvalue weighted by molar-refractivity contribution is 5.92. The van der Waals surface area contributed by atoms with E-state index in [2.05, 4.69) is 27.4 Å². The number of rotatable bonds is 4. The molecule has 7 heteroatoms. The van der Waals surface area contributed by atoms with Gasteiger partial charge < -0.3 is 10.1 Å². The molecule has 1 atom stereocenters. The highest BCUT2D eigenvalue weighted by Gasteiger charge is 2.34. The van der Waals surface area contributed by atoms with E-state index in [-0.39, 0.29) is 6.61 Å². The van der Waals surface area contributed by atoms with Gasteiger partial charge in [0.2, 0.25) is 5.95 Å². The number of allylic oxidation sites excluding steroid dienone is 1. The molecule has 0 spiro atoms. The van der Waals surface area contributed by atoms with Crippen LogP contribution >= 0.6 is 0 Å². The van der Waals surface area contributed by atoms with E-state index in [0.29, 0.717) is 17.2 Å². The van der Waals surface area contributed by atoms with Gasteiger partial charge in [-0.2, -0.15) is 4.68 Å². The first kappa shape index (κ1) is 15.0. The summed E-state index contributed by atoms with van der Waals surface area (Å²) in [5.41, 5.74) is 3.20. The number of carbonyl (C=O) groups is 1. The monoisotopic (exact) mass is 311 g/mol. The molecule has 3 rings (SSSR count). The van der Waals surface area contributed by atoms with Gasteiger partial charge in [-0.15, -0.1) is 0 Å². The molecule has 2 heterocycles. The van der Waals surface area contributed by atoms with Crippen molar-refractivity contribution in [2.45, 2.75) is 19.9 Å². The lowest BCUT2D eigenvalue weighted by Crippen LogP contribution is -2.29. The first-order chi connectivity index (χ1) is 11.1. The summed E-state index contributed by atoms with van der Waals surface area (Å²) < 4.78 is 6.82. The van der Waals surface area contributed by atoms with Crippen molar-refractivity contribution in [1.29, 1.82) is 0 Å². The molecule has 1 aromatic carbocycles. The van der Waals surface area contributed by atoms with Crippen LogP contribution in [0.1, 0.15) is 24.1 Å². The molecule has 0 saturated carbocycles. The average Bonchev–Trinajstić information content (AvgIpc) is 3.00. The number of fused-ring (bicyclic) bond motifs is 1. The van der Waals surface area contributed by atoms with Crippen molar-refractivity contribution in [3.8, 4) is 0 Å². The molecule has 0 fully saturated rings. The maximum Gasteiger partial charge on any atom is 0.338 e. The number of anilines is 1. The summed E-state index contributed by atoms with van der Waals surface area (Å²) in [6, 6.07) is 7.47. The van der Waals surface area contributed by atoms with Crippen molar-refractivity contribution in [3.05, 3.63) is 59.3 Å². The van der Waals surface area contributed by atoms with E-state index in [1.807, 2.05) is 38.1 Å². The maximum absolute atomic E-state index is 12.5. The van der Waals surface area contributed by atoms with Crippen molar-refractivity contribution < 1.29 is 9.53 Å². The number of hydrogen-bond donors (Lipinski definition) is 1. The van der Waals surface area contributed by atoms with Crippen LogP contribution in [0, 0.1) is 6.92 Å². The number of nitrogens with zero attached hydrogens (tertiary/aromatic N) is 4. The third-order valence-electron chi connectivity index (χ3n) is 3.66. The Morgan fingerprint density at radius 3 is 2.83 bits per heavy atom. The summed E-state index contributed by atoms with van der Waals surface area (Å²) in [7, 11) is 0. The van der Waals surface area contributed by atoms with Gasteiger partial charge in [0.05, 0.1) is 5.57 Å². The Morgan fingerprint density at radius 2 is 2.13 bits per heavy atom. The standard InChI is InChI=1S/C16H17N5O2/c1-4-9-23-15(22)13-11(3)17-16-18-19-20-21(16)14(13)12-7-5-10(2)6-8-12/h4-8,14H,1,9H2,2-3H3,(H,17,18,20).